The second-order valence-electron chi connectivity index (χ2n) is 3.44. The van der Waals surface area contributed by atoms with Crippen LogP contribution in [0.3, 0.4) is 0 Å². The monoisotopic (exact) mass is 223 g/mol. The summed E-state index contributed by atoms with van der Waals surface area (Å²) in [4.78, 5) is 19.5. The topological polar surface area (TPSA) is 92.9 Å². The molecular formula is C10H17N5O. The smallest absolute Gasteiger partial charge is 0.239 e. The molecule has 0 unspecified atom stereocenters. The molecule has 0 aliphatic carbocycles. The number of amides is 1. The molecular weight excluding hydrogens is 206 g/mol. The van der Waals surface area contributed by atoms with E-state index in [0.29, 0.717) is 24.0 Å². The van der Waals surface area contributed by atoms with Crippen LogP contribution in [0.25, 0.3) is 0 Å². The van der Waals surface area contributed by atoms with Crippen molar-refractivity contribution < 1.29 is 4.79 Å². The number of aryl methyl sites for hydroxylation is 1. The maximum absolute atomic E-state index is 11.2. The summed E-state index contributed by atoms with van der Waals surface area (Å²) in [7, 11) is 0. The molecule has 88 valence electrons. The van der Waals surface area contributed by atoms with Crippen molar-refractivity contribution in [1.82, 2.24) is 15.3 Å². The predicted octanol–water partition coefficient (Wildman–Crippen LogP) is 0.224. The van der Waals surface area contributed by atoms with Gasteiger partial charge in [0, 0.05) is 12.1 Å². The molecule has 0 aromatic carbocycles. The van der Waals surface area contributed by atoms with E-state index in [-0.39, 0.29) is 12.5 Å². The van der Waals surface area contributed by atoms with E-state index >= 15 is 0 Å². The van der Waals surface area contributed by atoms with Crippen LogP contribution >= 0.6 is 0 Å². The van der Waals surface area contributed by atoms with E-state index in [2.05, 4.69) is 20.6 Å². The van der Waals surface area contributed by atoms with Crippen molar-refractivity contribution in [3.8, 4) is 0 Å². The third-order valence-corrected chi connectivity index (χ3v) is 2.09. The lowest BCUT2D eigenvalue weighted by molar-refractivity contribution is -0.119. The van der Waals surface area contributed by atoms with Crippen LogP contribution in [-0.4, -0.2) is 29.0 Å². The number of nitrogens with two attached hydrogens (primary N) is 1. The number of carbonyl (C=O) groups excluding carboxylic acids is 1. The second-order valence-corrected chi connectivity index (χ2v) is 3.44. The molecule has 1 aromatic rings. The van der Waals surface area contributed by atoms with Gasteiger partial charge in [-0.05, 0) is 20.8 Å². The molecule has 0 spiro atoms. The Morgan fingerprint density at radius 2 is 2.06 bits per heavy atom. The lowest BCUT2D eigenvalue weighted by Gasteiger charge is -2.10. The minimum atomic E-state index is -0.0725. The zero-order valence-electron chi connectivity index (χ0n) is 9.79. The molecule has 0 saturated heterocycles. The normalized spacial score (nSPS) is 9.94. The average molecular weight is 223 g/mol. The van der Waals surface area contributed by atoms with E-state index in [0.717, 1.165) is 5.56 Å². The van der Waals surface area contributed by atoms with Crippen molar-refractivity contribution in [2.45, 2.75) is 20.8 Å². The summed E-state index contributed by atoms with van der Waals surface area (Å²) >= 11 is 0. The van der Waals surface area contributed by atoms with Gasteiger partial charge in [0.15, 0.2) is 0 Å². The number of carbonyl (C=O) groups is 1. The van der Waals surface area contributed by atoms with Crippen LogP contribution in [0.4, 0.5) is 11.6 Å². The third kappa shape index (κ3) is 3.08. The number of aromatic nitrogens is 2. The highest BCUT2D eigenvalue weighted by Crippen LogP contribution is 2.16. The van der Waals surface area contributed by atoms with E-state index in [4.69, 9.17) is 5.73 Å². The van der Waals surface area contributed by atoms with Gasteiger partial charge in [-0.3, -0.25) is 4.79 Å². The molecule has 6 heteroatoms. The van der Waals surface area contributed by atoms with E-state index in [1.165, 1.54) is 0 Å². The van der Waals surface area contributed by atoms with Crippen molar-refractivity contribution in [1.29, 1.82) is 0 Å². The summed E-state index contributed by atoms with van der Waals surface area (Å²) in [6.07, 6.45) is 0. The first kappa shape index (κ1) is 12.2. The summed E-state index contributed by atoms with van der Waals surface area (Å²) in [5.74, 6) is 1.56. The van der Waals surface area contributed by atoms with Gasteiger partial charge in [-0.1, -0.05) is 0 Å². The van der Waals surface area contributed by atoms with E-state index in [1.54, 1.807) is 6.92 Å². The number of hydrogen-bond acceptors (Lipinski definition) is 5. The first-order chi connectivity index (χ1) is 7.54. The van der Waals surface area contributed by atoms with E-state index in [9.17, 15) is 4.79 Å². The Morgan fingerprint density at radius 3 is 2.69 bits per heavy atom. The Balaban J connectivity index is 2.70. The van der Waals surface area contributed by atoms with Crippen molar-refractivity contribution in [2.75, 3.05) is 24.1 Å². The van der Waals surface area contributed by atoms with Crippen molar-refractivity contribution in [3.63, 3.8) is 0 Å². The largest absolute Gasteiger partial charge is 0.383 e. The number of likely N-dealkylation sites (N-methyl/N-ethyl adjacent to an activating group) is 1. The van der Waals surface area contributed by atoms with Crippen LogP contribution in [-0.2, 0) is 4.79 Å². The first-order valence-corrected chi connectivity index (χ1v) is 5.15. The lowest BCUT2D eigenvalue weighted by atomic mass is 10.3. The first-order valence-electron chi connectivity index (χ1n) is 5.15. The number of rotatable bonds is 4. The molecule has 6 nitrogen and oxygen atoms in total. The highest BCUT2D eigenvalue weighted by molar-refractivity contribution is 5.80. The van der Waals surface area contributed by atoms with Crippen LogP contribution in [0.5, 0.6) is 0 Å². The zero-order chi connectivity index (χ0) is 12.1. The molecule has 0 atom stereocenters. The number of nitrogens with zero attached hydrogens (tertiary/aromatic N) is 2. The van der Waals surface area contributed by atoms with Gasteiger partial charge >= 0.3 is 0 Å². The Bertz CT molecular complexity index is 391. The molecule has 16 heavy (non-hydrogen) atoms. The molecule has 1 rings (SSSR count). The van der Waals surface area contributed by atoms with Gasteiger partial charge < -0.3 is 16.4 Å². The number of nitrogens with one attached hydrogen (secondary N) is 2. The Hall–Kier alpha value is -1.85. The summed E-state index contributed by atoms with van der Waals surface area (Å²) < 4.78 is 0. The predicted molar refractivity (Wildman–Crippen MR) is 63.1 cm³/mol. The molecule has 0 aliphatic rings. The Kier molecular flexibility index (Phi) is 4.04. The standard InChI is InChI=1S/C10H17N5O/c1-4-12-8(16)5-13-10-6(2)9(11)14-7(3)15-10/h4-5H2,1-3H3,(H,12,16)(H3,11,13,14,15). The third-order valence-electron chi connectivity index (χ3n) is 2.09. The molecule has 0 bridgehead atoms. The van der Waals surface area contributed by atoms with Crippen LogP contribution < -0.4 is 16.4 Å². The summed E-state index contributed by atoms with van der Waals surface area (Å²) in [5, 5.41) is 5.62. The maximum atomic E-state index is 11.2. The van der Waals surface area contributed by atoms with Gasteiger partial charge in [-0.15, -0.1) is 0 Å². The fraction of sp³-hybridized carbons (Fsp3) is 0.500. The lowest BCUT2D eigenvalue weighted by Crippen LogP contribution is -2.30. The van der Waals surface area contributed by atoms with E-state index < -0.39 is 0 Å². The minimum absolute atomic E-state index is 0.0725. The Labute approximate surface area is 94.7 Å². The van der Waals surface area contributed by atoms with Crippen LogP contribution in [0.15, 0.2) is 0 Å². The molecule has 0 radical (unpaired) electrons. The highest BCUT2D eigenvalue weighted by Gasteiger charge is 2.07. The van der Waals surface area contributed by atoms with Crippen molar-refractivity contribution in [2.24, 2.45) is 0 Å². The summed E-state index contributed by atoms with van der Waals surface area (Å²) in [5.41, 5.74) is 6.45. The summed E-state index contributed by atoms with van der Waals surface area (Å²) in [6, 6.07) is 0. The van der Waals surface area contributed by atoms with E-state index in [1.807, 2.05) is 13.8 Å². The minimum Gasteiger partial charge on any atom is -0.383 e. The van der Waals surface area contributed by atoms with Gasteiger partial charge in [-0.2, -0.15) is 0 Å². The van der Waals surface area contributed by atoms with Crippen molar-refractivity contribution in [3.05, 3.63) is 11.4 Å². The van der Waals surface area contributed by atoms with Gasteiger partial charge in [-0.25, -0.2) is 9.97 Å². The van der Waals surface area contributed by atoms with Gasteiger partial charge in [0.1, 0.15) is 17.5 Å². The van der Waals surface area contributed by atoms with Crippen LogP contribution in [0, 0.1) is 13.8 Å². The second kappa shape index (κ2) is 5.29. The van der Waals surface area contributed by atoms with Gasteiger partial charge in [0.05, 0.1) is 6.54 Å². The molecule has 4 N–H and O–H groups in total. The van der Waals surface area contributed by atoms with Crippen LogP contribution in [0.2, 0.25) is 0 Å². The molecule has 0 aliphatic heterocycles. The molecule has 1 aromatic heterocycles. The molecule has 0 saturated carbocycles. The highest BCUT2D eigenvalue weighted by atomic mass is 16.1. The van der Waals surface area contributed by atoms with Crippen molar-refractivity contribution >= 4 is 17.5 Å². The number of hydrogen-bond donors (Lipinski definition) is 3. The number of anilines is 2. The van der Waals surface area contributed by atoms with Gasteiger partial charge in [0.25, 0.3) is 0 Å². The maximum Gasteiger partial charge on any atom is 0.239 e. The molecule has 1 amide bonds. The zero-order valence-corrected chi connectivity index (χ0v) is 9.79. The average Bonchev–Trinajstić information content (AvgIpc) is 2.21. The quantitative estimate of drug-likeness (QED) is 0.679. The SMILES string of the molecule is CCNC(=O)CNc1nc(C)nc(N)c1C. The fourth-order valence-electron chi connectivity index (χ4n) is 1.25. The molecule has 0 fully saturated rings. The Morgan fingerprint density at radius 1 is 1.38 bits per heavy atom. The van der Waals surface area contributed by atoms with Gasteiger partial charge in [0.2, 0.25) is 5.91 Å². The summed E-state index contributed by atoms with van der Waals surface area (Å²) in [6.45, 7) is 6.24. The number of nitrogen functional groups attached to an aromatic ring is 1. The molecule has 1 heterocycles. The fourth-order valence-corrected chi connectivity index (χ4v) is 1.25. The van der Waals surface area contributed by atoms with Crippen LogP contribution in [0.1, 0.15) is 18.3 Å².